The summed E-state index contributed by atoms with van der Waals surface area (Å²) in [5.41, 5.74) is -0.386. The smallest absolute Gasteiger partial charge is 0.232 e. The number of rotatable bonds is 4. The highest BCUT2D eigenvalue weighted by atomic mass is 35.7. The Labute approximate surface area is 109 Å². The van der Waals surface area contributed by atoms with E-state index in [1.807, 2.05) is 0 Å². The van der Waals surface area contributed by atoms with Crippen LogP contribution in [0.5, 0.6) is 0 Å². The molecule has 0 aromatic carbocycles. The molecule has 0 radical (unpaired) electrons. The fourth-order valence-electron chi connectivity index (χ4n) is 2.56. The molecule has 0 aliphatic carbocycles. The molecule has 0 aromatic rings. The molecule has 6 heteroatoms. The van der Waals surface area contributed by atoms with Crippen molar-refractivity contribution in [2.24, 2.45) is 0 Å². The van der Waals surface area contributed by atoms with Gasteiger partial charge in [0.2, 0.25) is 9.05 Å². The predicted octanol–water partition coefficient (Wildman–Crippen LogP) is 1.83. The summed E-state index contributed by atoms with van der Waals surface area (Å²) < 4.78 is 27.7. The van der Waals surface area contributed by atoms with Crippen molar-refractivity contribution in [3.05, 3.63) is 0 Å². The van der Waals surface area contributed by atoms with E-state index in [9.17, 15) is 8.42 Å². The molecule has 0 bridgehead atoms. The molecule has 0 aromatic heterocycles. The lowest BCUT2D eigenvalue weighted by atomic mass is 9.99. The summed E-state index contributed by atoms with van der Waals surface area (Å²) in [4.78, 5) is 2.24. The summed E-state index contributed by atoms with van der Waals surface area (Å²) in [5, 5.41) is 0. The van der Waals surface area contributed by atoms with E-state index in [4.69, 9.17) is 15.4 Å². The molecule has 1 aliphatic heterocycles. The third-order valence-electron chi connectivity index (χ3n) is 2.62. The normalized spacial score (nSPS) is 24.8. The first-order valence-corrected chi connectivity index (χ1v) is 8.32. The lowest BCUT2D eigenvalue weighted by Gasteiger charge is -2.47. The van der Waals surface area contributed by atoms with Crippen LogP contribution in [-0.2, 0) is 13.8 Å². The molecule has 0 atom stereocenters. The average Bonchev–Trinajstić information content (AvgIpc) is 1.93. The van der Waals surface area contributed by atoms with Crippen LogP contribution in [0.4, 0.5) is 0 Å². The van der Waals surface area contributed by atoms with E-state index < -0.39 is 9.05 Å². The Kier molecular flexibility index (Phi) is 4.51. The highest BCUT2D eigenvalue weighted by molar-refractivity contribution is 8.13. The second-order valence-corrected chi connectivity index (χ2v) is 8.83. The minimum Gasteiger partial charge on any atom is -0.367 e. The van der Waals surface area contributed by atoms with Crippen molar-refractivity contribution < 1.29 is 13.2 Å². The summed E-state index contributed by atoms with van der Waals surface area (Å²) in [6.07, 6.45) is 0.567. The van der Waals surface area contributed by atoms with E-state index in [2.05, 4.69) is 32.6 Å². The molecule has 0 saturated carbocycles. The van der Waals surface area contributed by atoms with Crippen molar-refractivity contribution in [1.82, 2.24) is 4.90 Å². The second-order valence-electron chi connectivity index (χ2n) is 5.93. The largest absolute Gasteiger partial charge is 0.367 e. The molecule has 1 aliphatic rings. The molecule has 17 heavy (non-hydrogen) atoms. The van der Waals surface area contributed by atoms with E-state index in [0.29, 0.717) is 6.42 Å². The van der Waals surface area contributed by atoms with E-state index in [1.54, 1.807) is 0 Å². The number of nitrogens with zero attached hydrogens (tertiary/aromatic N) is 1. The molecule has 0 spiro atoms. The molecule has 102 valence electrons. The van der Waals surface area contributed by atoms with Gasteiger partial charge in [0.25, 0.3) is 0 Å². The third kappa shape index (κ3) is 6.04. The van der Waals surface area contributed by atoms with Crippen LogP contribution in [0.3, 0.4) is 0 Å². The Morgan fingerprint density at radius 1 is 1.18 bits per heavy atom. The summed E-state index contributed by atoms with van der Waals surface area (Å²) >= 11 is 0. The topological polar surface area (TPSA) is 46.6 Å². The first-order chi connectivity index (χ1) is 7.49. The van der Waals surface area contributed by atoms with Gasteiger partial charge in [0, 0.05) is 23.8 Å². The molecule has 1 heterocycles. The van der Waals surface area contributed by atoms with Gasteiger partial charge in [-0.3, -0.25) is 4.90 Å². The van der Waals surface area contributed by atoms with Crippen molar-refractivity contribution in [3.63, 3.8) is 0 Å². The van der Waals surface area contributed by atoms with Gasteiger partial charge in [-0.05, 0) is 40.7 Å². The minimum atomic E-state index is -3.37. The maximum atomic E-state index is 10.8. The highest BCUT2D eigenvalue weighted by Crippen LogP contribution is 2.27. The van der Waals surface area contributed by atoms with Gasteiger partial charge < -0.3 is 4.74 Å². The Morgan fingerprint density at radius 3 is 2.06 bits per heavy atom. The Hall–Kier alpha value is 0.160. The van der Waals surface area contributed by atoms with E-state index in [-0.39, 0.29) is 17.0 Å². The molecule has 1 saturated heterocycles. The van der Waals surface area contributed by atoms with E-state index >= 15 is 0 Å². The van der Waals surface area contributed by atoms with Gasteiger partial charge in [-0.1, -0.05) is 0 Å². The standard InChI is InChI=1S/C11H22ClNO3S/c1-10(2)8-13(9-11(3,4)16-10)6-5-7-17(12,14)15/h5-9H2,1-4H3. The van der Waals surface area contributed by atoms with Crippen molar-refractivity contribution in [3.8, 4) is 0 Å². The summed E-state index contributed by atoms with van der Waals surface area (Å²) in [6, 6.07) is 0. The van der Waals surface area contributed by atoms with Gasteiger partial charge in [-0.15, -0.1) is 0 Å². The lowest BCUT2D eigenvalue weighted by molar-refractivity contribution is -0.180. The molecule has 1 fully saturated rings. The Morgan fingerprint density at radius 2 is 1.65 bits per heavy atom. The Bertz CT molecular complexity index is 349. The molecule has 0 unspecified atom stereocenters. The first kappa shape index (κ1) is 15.2. The van der Waals surface area contributed by atoms with Crippen LogP contribution in [-0.4, -0.2) is 49.9 Å². The van der Waals surface area contributed by atoms with Crippen molar-refractivity contribution >= 4 is 19.7 Å². The number of halogens is 1. The maximum Gasteiger partial charge on any atom is 0.232 e. The van der Waals surface area contributed by atoms with Crippen molar-refractivity contribution in [2.75, 3.05) is 25.4 Å². The van der Waals surface area contributed by atoms with Crippen LogP contribution < -0.4 is 0 Å². The predicted molar refractivity (Wildman–Crippen MR) is 69.9 cm³/mol. The molecule has 4 nitrogen and oxygen atoms in total. The van der Waals surface area contributed by atoms with Gasteiger partial charge >= 0.3 is 0 Å². The van der Waals surface area contributed by atoms with Crippen LogP contribution in [0.2, 0.25) is 0 Å². The fraction of sp³-hybridized carbons (Fsp3) is 1.00. The SMILES string of the molecule is CC1(C)CN(CCCS(=O)(=O)Cl)CC(C)(C)O1. The Balaban J connectivity index is 2.49. The quantitative estimate of drug-likeness (QED) is 0.739. The van der Waals surface area contributed by atoms with Crippen LogP contribution in [0.25, 0.3) is 0 Å². The number of hydrogen-bond acceptors (Lipinski definition) is 4. The molecular weight excluding hydrogens is 262 g/mol. The summed E-state index contributed by atoms with van der Waals surface area (Å²) in [6.45, 7) is 10.6. The first-order valence-electron chi connectivity index (χ1n) is 5.84. The highest BCUT2D eigenvalue weighted by Gasteiger charge is 2.37. The average molecular weight is 284 g/mol. The van der Waals surface area contributed by atoms with E-state index in [1.165, 1.54) is 0 Å². The molecule has 0 N–H and O–H groups in total. The van der Waals surface area contributed by atoms with Gasteiger partial charge in [0.15, 0.2) is 0 Å². The van der Waals surface area contributed by atoms with E-state index in [0.717, 1.165) is 19.6 Å². The van der Waals surface area contributed by atoms with Crippen molar-refractivity contribution in [2.45, 2.75) is 45.3 Å². The lowest BCUT2D eigenvalue weighted by Crippen LogP contribution is -2.57. The summed E-state index contributed by atoms with van der Waals surface area (Å²) in [7, 11) is 1.82. The van der Waals surface area contributed by atoms with Gasteiger partial charge in [0.05, 0.1) is 17.0 Å². The second kappa shape index (κ2) is 5.03. The van der Waals surface area contributed by atoms with Crippen LogP contribution in [0.1, 0.15) is 34.1 Å². The zero-order valence-corrected chi connectivity index (χ0v) is 12.6. The van der Waals surface area contributed by atoms with Crippen LogP contribution >= 0.6 is 10.7 Å². The monoisotopic (exact) mass is 283 g/mol. The zero-order valence-electron chi connectivity index (χ0n) is 11.0. The van der Waals surface area contributed by atoms with Crippen molar-refractivity contribution in [1.29, 1.82) is 0 Å². The van der Waals surface area contributed by atoms with Gasteiger partial charge in [0.1, 0.15) is 0 Å². The third-order valence-corrected chi connectivity index (χ3v) is 3.86. The van der Waals surface area contributed by atoms with Gasteiger partial charge in [-0.2, -0.15) is 0 Å². The number of hydrogen-bond donors (Lipinski definition) is 0. The summed E-state index contributed by atoms with van der Waals surface area (Å²) in [5.74, 6) is 0.0345. The molecule has 1 rings (SSSR count). The number of morpholine rings is 1. The van der Waals surface area contributed by atoms with Crippen LogP contribution in [0.15, 0.2) is 0 Å². The molecule has 0 amide bonds. The molecular formula is C11H22ClNO3S. The maximum absolute atomic E-state index is 10.8. The minimum absolute atomic E-state index is 0.0345. The van der Waals surface area contributed by atoms with Gasteiger partial charge in [-0.25, -0.2) is 8.42 Å². The van der Waals surface area contributed by atoms with Crippen LogP contribution in [0, 0.1) is 0 Å². The number of ether oxygens (including phenoxy) is 1. The zero-order chi connectivity index (χ0) is 13.3. The fourth-order valence-corrected chi connectivity index (χ4v) is 3.37.